The van der Waals surface area contributed by atoms with E-state index in [4.69, 9.17) is 9.84 Å². The maximum atomic E-state index is 10.7. The summed E-state index contributed by atoms with van der Waals surface area (Å²) in [7, 11) is 0. The van der Waals surface area contributed by atoms with Crippen LogP contribution in [0.4, 0.5) is 0 Å². The number of para-hydroxylation sites is 1. The summed E-state index contributed by atoms with van der Waals surface area (Å²) < 4.78 is 5.58. The number of hydrogen-bond donors (Lipinski definition) is 3. The van der Waals surface area contributed by atoms with E-state index in [1.165, 1.54) is 0 Å². The Morgan fingerprint density at radius 2 is 2.07 bits per heavy atom. The van der Waals surface area contributed by atoms with Gasteiger partial charge in [0, 0.05) is 22.8 Å². The second kappa shape index (κ2) is 10.3. The molecule has 1 aromatic rings. The minimum Gasteiger partial charge on any atom is -0.491 e. The molecule has 1 aliphatic heterocycles. The number of ether oxygens (including phenoxy) is 1. The van der Waals surface area contributed by atoms with Crippen molar-refractivity contribution in [1.29, 1.82) is 0 Å². The average molecular weight is 407 g/mol. The first-order chi connectivity index (χ1) is 13.5. The lowest BCUT2D eigenvalue weighted by molar-refractivity contribution is -0.137. The maximum Gasteiger partial charge on any atom is 0.303 e. The SMILES string of the molecule is O=C(O)CCC[C@@H]1CC[C@@H]2[C@@H](/C=C/[C@@H](O)COc3ccccc3)[C@H](O)C[C@@H]2S1. The summed E-state index contributed by atoms with van der Waals surface area (Å²) in [5.41, 5.74) is 0. The van der Waals surface area contributed by atoms with Crippen LogP contribution in [0.15, 0.2) is 42.5 Å². The fourth-order valence-electron chi connectivity index (χ4n) is 4.31. The summed E-state index contributed by atoms with van der Waals surface area (Å²) in [4.78, 5) is 10.7. The molecule has 0 bridgehead atoms. The van der Waals surface area contributed by atoms with Gasteiger partial charge in [-0.25, -0.2) is 0 Å². The van der Waals surface area contributed by atoms with Crippen molar-refractivity contribution in [1.82, 2.24) is 0 Å². The third-order valence-electron chi connectivity index (χ3n) is 5.72. The van der Waals surface area contributed by atoms with E-state index in [1.807, 2.05) is 48.2 Å². The van der Waals surface area contributed by atoms with Gasteiger partial charge in [0.1, 0.15) is 18.5 Å². The molecular weight excluding hydrogens is 376 g/mol. The van der Waals surface area contributed by atoms with Crippen molar-refractivity contribution in [3.63, 3.8) is 0 Å². The van der Waals surface area contributed by atoms with Gasteiger partial charge in [0.15, 0.2) is 0 Å². The molecule has 28 heavy (non-hydrogen) atoms. The number of aliphatic hydroxyl groups excluding tert-OH is 2. The standard InChI is InChI=1S/C22H30O5S/c23-15(14-27-16-5-2-1-3-6-16)9-11-18-19-12-10-17(7-4-8-22(25)26)28-21(19)13-20(18)24/h1-3,5-6,9,11,15,17-21,23-24H,4,7-8,10,12-14H2,(H,25,26)/b11-9+/t15-,17-,18-,19-,20-,21+/m1/s1. The second-order valence-electron chi connectivity index (χ2n) is 7.78. The first-order valence-corrected chi connectivity index (χ1v) is 11.1. The molecule has 1 saturated heterocycles. The molecular formula is C22H30O5S. The molecule has 3 rings (SSSR count). The van der Waals surface area contributed by atoms with Gasteiger partial charge in [-0.2, -0.15) is 11.8 Å². The van der Waals surface area contributed by atoms with Crippen LogP contribution >= 0.6 is 11.8 Å². The molecule has 6 heteroatoms. The van der Waals surface area contributed by atoms with Crippen molar-refractivity contribution in [3.8, 4) is 5.75 Å². The largest absolute Gasteiger partial charge is 0.491 e. The van der Waals surface area contributed by atoms with E-state index in [2.05, 4.69) is 0 Å². The Kier molecular flexibility index (Phi) is 7.82. The van der Waals surface area contributed by atoms with Crippen molar-refractivity contribution < 1.29 is 24.9 Å². The number of aliphatic hydroxyl groups is 2. The minimum atomic E-state index is -0.727. The van der Waals surface area contributed by atoms with Crippen molar-refractivity contribution in [2.24, 2.45) is 11.8 Å². The Labute approximate surface area is 170 Å². The average Bonchev–Trinajstić information content (AvgIpc) is 2.99. The number of aliphatic carboxylic acids is 1. The highest BCUT2D eigenvalue weighted by Crippen LogP contribution is 2.49. The predicted molar refractivity (Wildman–Crippen MR) is 111 cm³/mol. The predicted octanol–water partition coefficient (Wildman–Crippen LogP) is 3.50. The van der Waals surface area contributed by atoms with E-state index in [9.17, 15) is 15.0 Å². The summed E-state index contributed by atoms with van der Waals surface area (Å²) in [6.45, 7) is 0.192. The topological polar surface area (TPSA) is 87.0 Å². The number of thioether (sulfide) groups is 1. The molecule has 1 aliphatic carbocycles. The molecule has 0 amide bonds. The van der Waals surface area contributed by atoms with Gasteiger partial charge in [-0.15, -0.1) is 0 Å². The first-order valence-electron chi connectivity index (χ1n) is 10.1. The Bertz CT molecular complexity index is 650. The number of rotatable bonds is 9. The summed E-state index contributed by atoms with van der Waals surface area (Å²) in [6.07, 6.45) is 7.45. The fourth-order valence-corrected chi connectivity index (χ4v) is 6.20. The van der Waals surface area contributed by atoms with Crippen molar-refractivity contribution in [2.45, 2.75) is 61.2 Å². The molecule has 0 spiro atoms. The summed E-state index contributed by atoms with van der Waals surface area (Å²) in [6, 6.07) is 9.41. The van der Waals surface area contributed by atoms with Gasteiger partial charge in [-0.1, -0.05) is 30.4 Å². The lowest BCUT2D eigenvalue weighted by Gasteiger charge is -2.33. The van der Waals surface area contributed by atoms with E-state index in [0.717, 1.165) is 37.9 Å². The number of benzene rings is 1. The molecule has 0 unspecified atom stereocenters. The van der Waals surface area contributed by atoms with E-state index in [-0.39, 0.29) is 25.0 Å². The van der Waals surface area contributed by atoms with Crippen molar-refractivity contribution in [3.05, 3.63) is 42.5 Å². The molecule has 1 aromatic carbocycles. The van der Waals surface area contributed by atoms with Gasteiger partial charge in [-0.3, -0.25) is 4.79 Å². The van der Waals surface area contributed by atoms with Crippen molar-refractivity contribution in [2.75, 3.05) is 6.61 Å². The molecule has 2 aliphatic rings. The summed E-state index contributed by atoms with van der Waals surface area (Å²) in [5, 5.41) is 30.4. The maximum absolute atomic E-state index is 10.7. The van der Waals surface area contributed by atoms with Crippen molar-refractivity contribution >= 4 is 17.7 Å². The Hall–Kier alpha value is -1.50. The monoisotopic (exact) mass is 406 g/mol. The van der Waals surface area contributed by atoms with E-state index in [0.29, 0.717) is 16.4 Å². The van der Waals surface area contributed by atoms with Crippen LogP contribution in [-0.4, -0.2) is 50.6 Å². The first kappa shape index (κ1) is 21.2. The van der Waals surface area contributed by atoms with Crippen LogP contribution in [0.5, 0.6) is 5.75 Å². The van der Waals surface area contributed by atoms with Crippen LogP contribution in [0.3, 0.4) is 0 Å². The highest BCUT2D eigenvalue weighted by Gasteiger charge is 2.44. The van der Waals surface area contributed by atoms with Crippen LogP contribution in [0.2, 0.25) is 0 Å². The minimum absolute atomic E-state index is 0.0730. The third-order valence-corrected chi connectivity index (χ3v) is 7.46. The Morgan fingerprint density at radius 3 is 2.82 bits per heavy atom. The highest BCUT2D eigenvalue weighted by atomic mass is 32.2. The van der Waals surface area contributed by atoms with Crippen LogP contribution < -0.4 is 4.74 Å². The third kappa shape index (κ3) is 6.00. The van der Waals surface area contributed by atoms with Gasteiger partial charge in [-0.05, 0) is 50.2 Å². The lowest BCUT2D eigenvalue weighted by Crippen LogP contribution is -2.27. The molecule has 154 valence electrons. The van der Waals surface area contributed by atoms with Crippen LogP contribution in [-0.2, 0) is 4.79 Å². The van der Waals surface area contributed by atoms with E-state index < -0.39 is 12.1 Å². The van der Waals surface area contributed by atoms with E-state index >= 15 is 0 Å². The van der Waals surface area contributed by atoms with Gasteiger partial charge in [0.05, 0.1) is 6.10 Å². The zero-order valence-electron chi connectivity index (χ0n) is 16.0. The molecule has 5 nitrogen and oxygen atoms in total. The Morgan fingerprint density at radius 1 is 1.29 bits per heavy atom. The molecule has 0 radical (unpaired) electrons. The molecule has 6 atom stereocenters. The number of carbonyl (C=O) groups is 1. The van der Waals surface area contributed by atoms with Gasteiger partial charge in [0.25, 0.3) is 0 Å². The number of carboxylic acid groups (broad SMARTS) is 1. The molecule has 2 fully saturated rings. The summed E-state index contributed by atoms with van der Waals surface area (Å²) in [5.74, 6) is 0.501. The van der Waals surface area contributed by atoms with Gasteiger partial charge < -0.3 is 20.1 Å². The second-order valence-corrected chi connectivity index (χ2v) is 9.32. The van der Waals surface area contributed by atoms with Gasteiger partial charge >= 0.3 is 5.97 Å². The fraction of sp³-hybridized carbons (Fsp3) is 0.591. The number of hydrogen-bond acceptors (Lipinski definition) is 5. The Balaban J connectivity index is 1.46. The quantitative estimate of drug-likeness (QED) is 0.544. The van der Waals surface area contributed by atoms with Gasteiger partial charge in [0.2, 0.25) is 0 Å². The van der Waals surface area contributed by atoms with Crippen LogP contribution in [0.25, 0.3) is 0 Å². The normalized spacial score (nSPS) is 30.9. The number of fused-ring (bicyclic) bond motifs is 1. The lowest BCUT2D eigenvalue weighted by atomic mass is 9.88. The smallest absolute Gasteiger partial charge is 0.303 e. The molecule has 3 N–H and O–H groups in total. The van der Waals surface area contributed by atoms with E-state index in [1.54, 1.807) is 6.08 Å². The van der Waals surface area contributed by atoms with Crippen LogP contribution in [0.1, 0.15) is 38.5 Å². The zero-order chi connectivity index (χ0) is 19.9. The van der Waals surface area contributed by atoms with Crippen LogP contribution in [0, 0.1) is 11.8 Å². The molecule has 0 aromatic heterocycles. The summed E-state index contributed by atoms with van der Waals surface area (Å²) >= 11 is 1.93. The number of carboxylic acids is 1. The molecule has 1 saturated carbocycles. The zero-order valence-corrected chi connectivity index (χ0v) is 16.8. The highest BCUT2D eigenvalue weighted by molar-refractivity contribution is 8.00. The molecule has 1 heterocycles.